The van der Waals surface area contributed by atoms with Gasteiger partial charge in [0.2, 0.25) is 0 Å². The average molecular weight is 497 g/mol. The van der Waals surface area contributed by atoms with Gasteiger partial charge in [0, 0.05) is 12.5 Å². The van der Waals surface area contributed by atoms with Crippen molar-refractivity contribution in [3.8, 4) is 0 Å². The maximum atomic E-state index is 13.7. The summed E-state index contributed by atoms with van der Waals surface area (Å²) in [6, 6.07) is 13.5. The van der Waals surface area contributed by atoms with Crippen LogP contribution < -0.4 is 0 Å². The minimum Gasteiger partial charge on any atom is -0.389 e. The van der Waals surface area contributed by atoms with E-state index in [1.807, 2.05) is 17.4 Å². The van der Waals surface area contributed by atoms with Crippen LogP contribution in [0.1, 0.15) is 80.8 Å². The molecule has 0 spiro atoms. The molecule has 2 atom stereocenters. The normalized spacial score (nSPS) is 20.1. The van der Waals surface area contributed by atoms with Gasteiger partial charge in [0.25, 0.3) is 0 Å². The first-order valence-electron chi connectivity index (χ1n) is 13.4. The Morgan fingerprint density at radius 2 is 1.86 bits per heavy atom. The number of hydrogen-bond acceptors (Lipinski definition) is 4. The molecule has 0 radical (unpaired) electrons. The standard InChI is InChI=1S/C30H41FN2OS/c1-22(2)29-25-15-14-24(31)21-23(25)16-17-30(29,34)18-20-33(3)19-10-6-4-5-7-13-28-32-26-11-8-9-12-27(26)35-28/h8-9,11-12,14-15,21-22,29,34H,4-7,10,13,16-20H2,1-3H3/t29-,30-/m0/s1. The van der Waals surface area contributed by atoms with Crippen molar-refractivity contribution in [2.45, 2.75) is 83.2 Å². The van der Waals surface area contributed by atoms with Gasteiger partial charge in [-0.25, -0.2) is 9.37 Å². The summed E-state index contributed by atoms with van der Waals surface area (Å²) in [7, 11) is 2.17. The molecule has 1 N–H and O–H groups in total. The van der Waals surface area contributed by atoms with Crippen molar-refractivity contribution >= 4 is 21.6 Å². The number of rotatable bonds is 12. The van der Waals surface area contributed by atoms with Gasteiger partial charge in [-0.05, 0) is 93.4 Å². The van der Waals surface area contributed by atoms with E-state index >= 15 is 0 Å². The first kappa shape index (κ1) is 26.2. The summed E-state index contributed by atoms with van der Waals surface area (Å²) in [5.74, 6) is 0.210. The molecule has 1 aromatic heterocycles. The van der Waals surface area contributed by atoms with E-state index in [2.05, 4.69) is 50.1 Å². The number of benzene rings is 2. The van der Waals surface area contributed by atoms with Gasteiger partial charge in [-0.15, -0.1) is 11.3 Å². The fourth-order valence-corrected chi connectivity index (χ4v) is 6.87. The highest BCUT2D eigenvalue weighted by Gasteiger charge is 2.43. The molecule has 4 rings (SSSR count). The Labute approximate surface area is 214 Å². The fourth-order valence-electron chi connectivity index (χ4n) is 5.86. The lowest BCUT2D eigenvalue weighted by Crippen LogP contribution is -2.45. The van der Waals surface area contributed by atoms with Gasteiger partial charge in [0.1, 0.15) is 5.82 Å². The highest BCUT2D eigenvalue weighted by atomic mass is 32.1. The molecule has 35 heavy (non-hydrogen) atoms. The van der Waals surface area contributed by atoms with Crippen molar-refractivity contribution < 1.29 is 9.50 Å². The number of aromatic nitrogens is 1. The highest BCUT2D eigenvalue weighted by Crippen LogP contribution is 2.45. The Balaban J connectivity index is 1.15. The molecular formula is C30H41FN2OS. The molecule has 0 saturated heterocycles. The molecule has 0 fully saturated rings. The summed E-state index contributed by atoms with van der Waals surface area (Å²) in [6.45, 7) is 6.32. The van der Waals surface area contributed by atoms with E-state index in [-0.39, 0.29) is 11.7 Å². The average Bonchev–Trinajstić information content (AvgIpc) is 3.25. The van der Waals surface area contributed by atoms with Gasteiger partial charge in [-0.2, -0.15) is 0 Å². The molecule has 0 amide bonds. The number of nitrogens with zero attached hydrogens (tertiary/aromatic N) is 2. The molecule has 1 aliphatic carbocycles. The molecule has 2 aromatic carbocycles. The number of aliphatic hydroxyl groups is 1. The summed E-state index contributed by atoms with van der Waals surface area (Å²) in [5, 5.41) is 12.9. The molecule has 0 unspecified atom stereocenters. The lowest BCUT2D eigenvalue weighted by atomic mass is 9.66. The third-order valence-corrected chi connectivity index (χ3v) is 8.80. The Kier molecular flexibility index (Phi) is 8.96. The molecular weight excluding hydrogens is 455 g/mol. The monoisotopic (exact) mass is 496 g/mol. The van der Waals surface area contributed by atoms with Crippen LogP contribution in [0.5, 0.6) is 0 Å². The molecule has 0 bridgehead atoms. The van der Waals surface area contributed by atoms with Crippen molar-refractivity contribution in [3.63, 3.8) is 0 Å². The maximum Gasteiger partial charge on any atom is 0.123 e. The molecule has 5 heteroatoms. The van der Waals surface area contributed by atoms with E-state index in [0.717, 1.165) is 55.4 Å². The van der Waals surface area contributed by atoms with E-state index in [1.54, 1.807) is 12.1 Å². The van der Waals surface area contributed by atoms with Gasteiger partial charge in [0.15, 0.2) is 0 Å². The van der Waals surface area contributed by atoms with Crippen LogP contribution in [-0.2, 0) is 12.8 Å². The zero-order valence-electron chi connectivity index (χ0n) is 21.6. The summed E-state index contributed by atoms with van der Waals surface area (Å²) >= 11 is 1.83. The zero-order chi connectivity index (χ0) is 24.8. The number of unbranched alkanes of at least 4 members (excludes halogenated alkanes) is 4. The van der Waals surface area contributed by atoms with Crippen LogP contribution in [-0.4, -0.2) is 40.7 Å². The van der Waals surface area contributed by atoms with E-state index < -0.39 is 5.60 Å². The second kappa shape index (κ2) is 11.9. The van der Waals surface area contributed by atoms with Gasteiger partial charge >= 0.3 is 0 Å². The maximum absolute atomic E-state index is 13.7. The highest BCUT2D eigenvalue weighted by molar-refractivity contribution is 7.18. The minimum absolute atomic E-state index is 0.0654. The van der Waals surface area contributed by atoms with E-state index in [1.165, 1.54) is 41.8 Å². The van der Waals surface area contributed by atoms with Crippen LogP contribution in [0.3, 0.4) is 0 Å². The van der Waals surface area contributed by atoms with Gasteiger partial charge in [-0.1, -0.05) is 51.3 Å². The van der Waals surface area contributed by atoms with E-state index in [9.17, 15) is 9.50 Å². The van der Waals surface area contributed by atoms with Crippen molar-refractivity contribution in [2.24, 2.45) is 5.92 Å². The molecule has 1 heterocycles. The van der Waals surface area contributed by atoms with Crippen LogP contribution in [0.2, 0.25) is 0 Å². The first-order chi connectivity index (χ1) is 16.9. The first-order valence-corrected chi connectivity index (χ1v) is 14.2. The zero-order valence-corrected chi connectivity index (χ0v) is 22.4. The SMILES string of the molecule is CC(C)[C@H]1c2ccc(F)cc2CC[C@]1(O)CCN(C)CCCCCCCc1nc2ccccc2s1. The summed E-state index contributed by atoms with van der Waals surface area (Å²) in [5.41, 5.74) is 2.63. The number of aryl methyl sites for hydroxylation is 2. The number of para-hydroxylation sites is 1. The Bertz CT molecular complexity index is 1060. The molecule has 190 valence electrons. The third-order valence-electron chi connectivity index (χ3n) is 7.71. The molecule has 1 aliphatic rings. The second-order valence-electron chi connectivity index (χ2n) is 10.8. The van der Waals surface area contributed by atoms with Crippen molar-refractivity contribution in [3.05, 3.63) is 64.4 Å². The van der Waals surface area contributed by atoms with Gasteiger partial charge in [-0.3, -0.25) is 0 Å². The van der Waals surface area contributed by atoms with Crippen LogP contribution in [0, 0.1) is 11.7 Å². The van der Waals surface area contributed by atoms with Gasteiger partial charge < -0.3 is 10.0 Å². The molecule has 0 aliphatic heterocycles. The summed E-state index contributed by atoms with van der Waals surface area (Å²) in [4.78, 5) is 7.11. The van der Waals surface area contributed by atoms with Crippen LogP contribution >= 0.6 is 11.3 Å². The summed E-state index contributed by atoms with van der Waals surface area (Å²) in [6.07, 6.45) is 9.53. The molecule has 3 aromatic rings. The number of thiazole rings is 1. The van der Waals surface area contributed by atoms with Crippen LogP contribution in [0.4, 0.5) is 4.39 Å². The van der Waals surface area contributed by atoms with Crippen molar-refractivity contribution in [2.75, 3.05) is 20.1 Å². The van der Waals surface area contributed by atoms with Crippen LogP contribution in [0.25, 0.3) is 10.2 Å². The van der Waals surface area contributed by atoms with Crippen molar-refractivity contribution in [1.82, 2.24) is 9.88 Å². The lowest BCUT2D eigenvalue weighted by molar-refractivity contribution is -0.0301. The van der Waals surface area contributed by atoms with E-state index in [4.69, 9.17) is 4.98 Å². The number of fused-ring (bicyclic) bond motifs is 2. The topological polar surface area (TPSA) is 36.4 Å². The Morgan fingerprint density at radius 3 is 2.66 bits per heavy atom. The minimum atomic E-state index is -0.714. The lowest BCUT2D eigenvalue weighted by Gasteiger charge is -2.44. The van der Waals surface area contributed by atoms with Crippen LogP contribution in [0.15, 0.2) is 42.5 Å². The number of hydrogen-bond donors (Lipinski definition) is 1. The smallest absolute Gasteiger partial charge is 0.123 e. The third kappa shape index (κ3) is 6.69. The molecule has 3 nitrogen and oxygen atoms in total. The summed E-state index contributed by atoms with van der Waals surface area (Å²) < 4.78 is 15.0. The second-order valence-corrected chi connectivity index (χ2v) is 11.9. The van der Waals surface area contributed by atoms with Crippen molar-refractivity contribution in [1.29, 1.82) is 0 Å². The van der Waals surface area contributed by atoms with Gasteiger partial charge in [0.05, 0.1) is 20.8 Å². The largest absolute Gasteiger partial charge is 0.389 e. The number of halogens is 1. The predicted octanol–water partition coefficient (Wildman–Crippen LogP) is 7.37. The Morgan fingerprint density at radius 1 is 1.09 bits per heavy atom. The predicted molar refractivity (Wildman–Crippen MR) is 146 cm³/mol. The fraction of sp³-hybridized carbons (Fsp3) is 0.567. The quantitative estimate of drug-likeness (QED) is 0.266. The van der Waals surface area contributed by atoms with E-state index in [0.29, 0.717) is 5.92 Å². The molecule has 0 saturated carbocycles. The Hall–Kier alpha value is -1.82.